The van der Waals surface area contributed by atoms with Crippen LogP contribution in [-0.4, -0.2) is 17.1 Å². The first-order valence-corrected chi connectivity index (χ1v) is 7.49. The zero-order chi connectivity index (χ0) is 13.2. The van der Waals surface area contributed by atoms with Gasteiger partial charge in [0.15, 0.2) is 0 Å². The van der Waals surface area contributed by atoms with E-state index in [0.29, 0.717) is 12.2 Å². The Morgan fingerprint density at radius 2 is 2.16 bits per heavy atom. The summed E-state index contributed by atoms with van der Waals surface area (Å²) in [5, 5.41) is 0. The highest BCUT2D eigenvalue weighted by molar-refractivity contribution is 7.97. The van der Waals surface area contributed by atoms with E-state index in [4.69, 9.17) is 4.74 Å². The third-order valence-electron chi connectivity index (χ3n) is 3.23. The smallest absolute Gasteiger partial charge is 0.340 e. The van der Waals surface area contributed by atoms with E-state index in [2.05, 4.69) is 16.7 Å². The first-order valence-electron chi connectivity index (χ1n) is 6.34. The maximum absolute atomic E-state index is 12.0. The molecule has 0 N–H and O–H groups in total. The van der Waals surface area contributed by atoms with E-state index in [0.717, 1.165) is 28.6 Å². The van der Waals surface area contributed by atoms with Crippen LogP contribution in [0.4, 0.5) is 0 Å². The first-order chi connectivity index (χ1) is 9.31. The molecule has 0 spiro atoms. The summed E-state index contributed by atoms with van der Waals surface area (Å²) in [6.45, 7) is 2.25. The second-order valence-corrected chi connectivity index (χ2v) is 5.34. The quantitative estimate of drug-likeness (QED) is 0.802. The normalized spacial score (nSPS) is 13.3. The molecular weight excluding hydrogens is 258 g/mol. The number of thioether (sulfide) groups is 1. The fraction of sp³-hybridized carbons (Fsp3) is 0.267. The average molecular weight is 273 g/mol. The molecule has 3 rings (SSSR count). The lowest BCUT2D eigenvalue weighted by Crippen LogP contribution is -2.06. The predicted molar refractivity (Wildman–Crippen MR) is 77.1 cm³/mol. The number of carbonyl (C=O) groups excluding carboxylic acids is 1. The van der Waals surface area contributed by atoms with E-state index in [1.54, 1.807) is 0 Å². The Labute approximate surface area is 116 Å². The van der Waals surface area contributed by atoms with Gasteiger partial charge in [-0.2, -0.15) is 0 Å². The number of hydrogen-bond acceptors (Lipinski definition) is 3. The van der Waals surface area contributed by atoms with Crippen LogP contribution < -0.4 is 0 Å². The molecule has 1 aromatic heterocycles. The Hall–Kier alpha value is -1.68. The number of rotatable bonds is 3. The zero-order valence-electron chi connectivity index (χ0n) is 10.8. The van der Waals surface area contributed by atoms with Crippen molar-refractivity contribution < 1.29 is 9.53 Å². The van der Waals surface area contributed by atoms with E-state index < -0.39 is 0 Å². The molecular formula is C15H15NO2S. The van der Waals surface area contributed by atoms with Crippen molar-refractivity contribution in [3.8, 4) is 11.3 Å². The molecule has 1 aromatic carbocycles. The van der Waals surface area contributed by atoms with Gasteiger partial charge in [-0.1, -0.05) is 30.3 Å². The summed E-state index contributed by atoms with van der Waals surface area (Å²) in [4.78, 5) is 12.0. The summed E-state index contributed by atoms with van der Waals surface area (Å²) >= 11 is 1.82. The largest absolute Gasteiger partial charge is 0.462 e. The van der Waals surface area contributed by atoms with Crippen LogP contribution in [0, 0.1) is 0 Å². The summed E-state index contributed by atoms with van der Waals surface area (Å²) < 4.78 is 7.36. The molecule has 0 atom stereocenters. The number of hydrogen-bond donors (Lipinski definition) is 0. The van der Waals surface area contributed by atoms with Crippen molar-refractivity contribution in [3.05, 3.63) is 47.7 Å². The number of nitrogens with zero attached hydrogens (tertiary/aromatic N) is 1. The molecule has 1 aliphatic heterocycles. The van der Waals surface area contributed by atoms with E-state index in [1.165, 1.54) is 0 Å². The lowest BCUT2D eigenvalue weighted by atomic mass is 10.1. The second-order valence-electron chi connectivity index (χ2n) is 4.38. The van der Waals surface area contributed by atoms with Crippen LogP contribution in [0.5, 0.6) is 0 Å². The van der Waals surface area contributed by atoms with Gasteiger partial charge in [-0.3, -0.25) is 0 Å². The fourth-order valence-electron chi connectivity index (χ4n) is 2.36. The van der Waals surface area contributed by atoms with Crippen LogP contribution in [0.2, 0.25) is 0 Å². The molecule has 98 valence electrons. The van der Waals surface area contributed by atoms with E-state index in [1.807, 2.05) is 43.0 Å². The molecule has 0 saturated carbocycles. The molecule has 19 heavy (non-hydrogen) atoms. The molecule has 0 bridgehead atoms. The number of fused-ring (bicyclic) bond motifs is 1. The number of carbonyl (C=O) groups is 1. The molecule has 2 heterocycles. The van der Waals surface area contributed by atoms with Crippen LogP contribution in [0.15, 0.2) is 36.4 Å². The van der Waals surface area contributed by atoms with Crippen molar-refractivity contribution in [2.75, 3.05) is 6.61 Å². The molecule has 0 amide bonds. The van der Waals surface area contributed by atoms with Crippen LogP contribution in [0.1, 0.15) is 23.0 Å². The van der Waals surface area contributed by atoms with E-state index >= 15 is 0 Å². The third-order valence-corrected chi connectivity index (χ3v) is 4.15. The van der Waals surface area contributed by atoms with Gasteiger partial charge >= 0.3 is 5.97 Å². The van der Waals surface area contributed by atoms with Gasteiger partial charge < -0.3 is 9.30 Å². The Morgan fingerprint density at radius 1 is 1.37 bits per heavy atom. The van der Waals surface area contributed by atoms with E-state index in [-0.39, 0.29) is 5.97 Å². The predicted octanol–water partition coefficient (Wildman–Crippen LogP) is 3.54. The summed E-state index contributed by atoms with van der Waals surface area (Å²) in [7, 11) is 0. The van der Waals surface area contributed by atoms with Crippen LogP contribution >= 0.6 is 11.8 Å². The molecule has 0 unspecified atom stereocenters. The number of benzene rings is 1. The zero-order valence-corrected chi connectivity index (χ0v) is 11.6. The monoisotopic (exact) mass is 273 g/mol. The number of esters is 1. The highest BCUT2D eigenvalue weighted by atomic mass is 32.2. The van der Waals surface area contributed by atoms with Crippen LogP contribution in [0.25, 0.3) is 11.3 Å². The maximum Gasteiger partial charge on any atom is 0.340 e. The molecule has 3 nitrogen and oxygen atoms in total. The standard InChI is InChI=1S/C15H15NO2S/c1-2-18-15(17)12-8-13(11-6-4-3-5-7-11)16-10-19-9-14(12)16/h3-8H,2,9-10H2,1H3. The van der Waals surface area contributed by atoms with Gasteiger partial charge in [0, 0.05) is 17.1 Å². The number of aromatic nitrogens is 1. The van der Waals surface area contributed by atoms with Gasteiger partial charge in [0.2, 0.25) is 0 Å². The summed E-state index contributed by atoms with van der Waals surface area (Å²) in [5.74, 6) is 1.57. The second kappa shape index (κ2) is 5.13. The van der Waals surface area contributed by atoms with Crippen molar-refractivity contribution in [1.82, 2.24) is 4.57 Å². The van der Waals surface area contributed by atoms with Crippen LogP contribution in [-0.2, 0) is 16.4 Å². The fourth-order valence-corrected chi connectivity index (χ4v) is 3.43. The van der Waals surface area contributed by atoms with Gasteiger partial charge in [0.05, 0.1) is 18.0 Å². The van der Waals surface area contributed by atoms with Crippen LogP contribution in [0.3, 0.4) is 0 Å². The minimum absolute atomic E-state index is 0.212. The Balaban J connectivity index is 2.08. The summed E-state index contributed by atoms with van der Waals surface area (Å²) in [6, 6.07) is 12.1. The maximum atomic E-state index is 12.0. The van der Waals surface area contributed by atoms with Crippen molar-refractivity contribution in [2.45, 2.75) is 18.6 Å². The van der Waals surface area contributed by atoms with Gasteiger partial charge in [-0.25, -0.2) is 4.79 Å². The molecule has 2 aromatic rings. The molecule has 4 heteroatoms. The highest BCUT2D eigenvalue weighted by Crippen LogP contribution is 2.35. The third kappa shape index (κ3) is 2.16. The van der Waals surface area contributed by atoms with Gasteiger partial charge in [-0.05, 0) is 18.6 Å². The van der Waals surface area contributed by atoms with Crippen molar-refractivity contribution in [2.24, 2.45) is 0 Å². The van der Waals surface area contributed by atoms with Gasteiger partial charge in [-0.15, -0.1) is 11.8 Å². The van der Waals surface area contributed by atoms with E-state index in [9.17, 15) is 4.79 Å². The Morgan fingerprint density at radius 3 is 2.89 bits per heavy atom. The highest BCUT2D eigenvalue weighted by Gasteiger charge is 2.25. The number of ether oxygens (including phenoxy) is 1. The molecule has 0 radical (unpaired) electrons. The molecule has 1 aliphatic rings. The molecule has 0 fully saturated rings. The lowest BCUT2D eigenvalue weighted by Gasteiger charge is -2.04. The molecule has 0 aliphatic carbocycles. The lowest BCUT2D eigenvalue weighted by molar-refractivity contribution is 0.0525. The van der Waals surface area contributed by atoms with Crippen molar-refractivity contribution >= 4 is 17.7 Å². The Bertz CT molecular complexity index is 604. The Kier molecular flexibility index (Phi) is 3.34. The van der Waals surface area contributed by atoms with Crippen molar-refractivity contribution in [1.29, 1.82) is 0 Å². The average Bonchev–Trinajstić information content (AvgIpc) is 3.01. The first kappa shape index (κ1) is 12.4. The minimum Gasteiger partial charge on any atom is -0.462 e. The summed E-state index contributed by atoms with van der Waals surface area (Å²) in [5.41, 5.74) is 4.04. The summed E-state index contributed by atoms with van der Waals surface area (Å²) in [6.07, 6.45) is 0. The SMILES string of the molecule is CCOC(=O)c1cc(-c2ccccc2)n2c1CSC2. The van der Waals surface area contributed by atoms with Gasteiger partial charge in [0.25, 0.3) is 0 Å². The topological polar surface area (TPSA) is 31.2 Å². The van der Waals surface area contributed by atoms with Crippen molar-refractivity contribution in [3.63, 3.8) is 0 Å². The van der Waals surface area contributed by atoms with Gasteiger partial charge in [0.1, 0.15) is 0 Å². The minimum atomic E-state index is -0.212. The molecule has 0 saturated heterocycles.